The summed E-state index contributed by atoms with van der Waals surface area (Å²) >= 11 is 4.96. The SMILES string of the molecule is FC(F)=C(F)C(F)(F)c1c(F)c(F)c(CCl)c(F)c1F. The van der Waals surface area contributed by atoms with Gasteiger partial charge in [-0.15, -0.1) is 11.6 Å². The molecule has 0 atom stereocenters. The molecule has 1 aromatic carbocycles. The van der Waals surface area contributed by atoms with Crippen LogP contribution in [0.15, 0.2) is 11.9 Å². The summed E-state index contributed by atoms with van der Waals surface area (Å²) in [5, 5.41) is 0. The summed E-state index contributed by atoms with van der Waals surface area (Å²) in [7, 11) is 0. The van der Waals surface area contributed by atoms with Crippen LogP contribution >= 0.6 is 11.6 Å². The highest BCUT2D eigenvalue weighted by Gasteiger charge is 2.48. The van der Waals surface area contributed by atoms with Gasteiger partial charge < -0.3 is 0 Å². The number of benzene rings is 1. The second kappa shape index (κ2) is 5.55. The van der Waals surface area contributed by atoms with E-state index in [-0.39, 0.29) is 0 Å². The molecule has 20 heavy (non-hydrogen) atoms. The predicted molar refractivity (Wildman–Crippen MR) is 50.1 cm³/mol. The molecular weight excluding hydrogens is 327 g/mol. The average molecular weight is 329 g/mol. The normalized spacial score (nSPS) is 11.7. The Morgan fingerprint density at radius 2 is 1.25 bits per heavy atom. The minimum Gasteiger partial charge on any atom is -0.203 e. The van der Waals surface area contributed by atoms with E-state index in [1.54, 1.807) is 0 Å². The van der Waals surface area contributed by atoms with E-state index in [2.05, 4.69) is 0 Å². The monoisotopic (exact) mass is 328 g/mol. The maximum atomic E-state index is 13.3. The van der Waals surface area contributed by atoms with E-state index in [0.29, 0.717) is 0 Å². The third kappa shape index (κ3) is 2.46. The summed E-state index contributed by atoms with van der Waals surface area (Å²) in [5.74, 6) is -20.3. The van der Waals surface area contributed by atoms with Gasteiger partial charge in [0.2, 0.25) is 5.83 Å². The van der Waals surface area contributed by atoms with Crippen molar-refractivity contribution in [2.24, 2.45) is 0 Å². The van der Waals surface area contributed by atoms with Crippen molar-refractivity contribution in [2.45, 2.75) is 11.8 Å². The zero-order valence-corrected chi connectivity index (χ0v) is 9.74. The number of alkyl halides is 3. The number of rotatable bonds is 3. The highest BCUT2D eigenvalue weighted by Crippen LogP contribution is 2.43. The maximum Gasteiger partial charge on any atom is 0.335 e. The van der Waals surface area contributed by atoms with Crippen molar-refractivity contribution < 1.29 is 39.5 Å². The molecule has 0 spiro atoms. The van der Waals surface area contributed by atoms with Gasteiger partial charge in [-0.1, -0.05) is 0 Å². The Kier molecular flexibility index (Phi) is 4.62. The second-order valence-electron chi connectivity index (χ2n) is 3.39. The molecule has 0 amide bonds. The summed E-state index contributed by atoms with van der Waals surface area (Å²) < 4.78 is 115. The van der Waals surface area contributed by atoms with Crippen molar-refractivity contribution in [1.29, 1.82) is 0 Å². The quantitative estimate of drug-likeness (QED) is 0.409. The molecule has 0 aliphatic carbocycles. The maximum absolute atomic E-state index is 13.3. The molecule has 1 rings (SSSR count). The first-order valence-corrected chi connectivity index (χ1v) is 5.11. The topological polar surface area (TPSA) is 0 Å². The van der Waals surface area contributed by atoms with Crippen molar-refractivity contribution in [1.82, 2.24) is 0 Å². The molecule has 0 N–H and O–H groups in total. The third-order valence-electron chi connectivity index (χ3n) is 2.24. The molecule has 0 saturated heterocycles. The minimum atomic E-state index is -5.58. The van der Waals surface area contributed by atoms with Crippen molar-refractivity contribution in [3.63, 3.8) is 0 Å². The fourth-order valence-electron chi connectivity index (χ4n) is 1.30. The summed E-state index contributed by atoms with van der Waals surface area (Å²) in [4.78, 5) is 0. The summed E-state index contributed by atoms with van der Waals surface area (Å²) in [6.07, 6.45) is -3.59. The molecular formula is C10H2ClF9. The highest BCUT2D eigenvalue weighted by molar-refractivity contribution is 6.17. The van der Waals surface area contributed by atoms with Crippen LogP contribution in [-0.4, -0.2) is 0 Å². The van der Waals surface area contributed by atoms with Gasteiger partial charge in [-0.25, -0.2) is 17.6 Å². The fraction of sp³-hybridized carbons (Fsp3) is 0.200. The predicted octanol–water partition coefficient (Wildman–Crippen LogP) is 5.15. The lowest BCUT2D eigenvalue weighted by atomic mass is 10.0. The first-order valence-electron chi connectivity index (χ1n) is 4.57. The van der Waals surface area contributed by atoms with Crippen LogP contribution in [0.1, 0.15) is 11.1 Å². The van der Waals surface area contributed by atoms with Crippen molar-refractivity contribution >= 4 is 11.6 Å². The van der Waals surface area contributed by atoms with Crippen LogP contribution in [-0.2, 0) is 11.8 Å². The molecule has 0 fully saturated rings. The number of hydrogen-bond acceptors (Lipinski definition) is 0. The summed E-state index contributed by atoms with van der Waals surface area (Å²) in [6, 6.07) is 0. The van der Waals surface area contributed by atoms with Crippen LogP contribution in [0.25, 0.3) is 0 Å². The molecule has 0 aliphatic rings. The molecule has 0 saturated carbocycles. The van der Waals surface area contributed by atoms with E-state index in [1.165, 1.54) is 0 Å². The fourth-order valence-corrected chi connectivity index (χ4v) is 1.53. The standard InChI is InChI=1S/C10H2ClF9/c11-1-2-4(12)6(14)3(7(15)5(2)13)10(19,20)8(16)9(17)18/h1H2. The van der Waals surface area contributed by atoms with E-state index in [9.17, 15) is 39.5 Å². The molecule has 1 aromatic rings. The molecule has 0 heterocycles. The molecule has 10 heteroatoms. The summed E-state index contributed by atoms with van der Waals surface area (Å²) in [6.45, 7) is 0. The lowest BCUT2D eigenvalue weighted by Crippen LogP contribution is -2.22. The van der Waals surface area contributed by atoms with Crippen LogP contribution in [0, 0.1) is 23.3 Å². The van der Waals surface area contributed by atoms with Gasteiger partial charge in [0.05, 0.1) is 5.88 Å². The van der Waals surface area contributed by atoms with E-state index < -0.39 is 58.1 Å². The van der Waals surface area contributed by atoms with E-state index in [0.717, 1.165) is 0 Å². The Morgan fingerprint density at radius 3 is 1.55 bits per heavy atom. The zero-order chi connectivity index (χ0) is 15.8. The first-order chi connectivity index (χ1) is 9.07. The van der Waals surface area contributed by atoms with Crippen LogP contribution in [0.3, 0.4) is 0 Å². The lowest BCUT2D eigenvalue weighted by molar-refractivity contribution is -0.00231. The number of allylic oxidation sites excluding steroid dienone is 1. The number of hydrogen-bond donors (Lipinski definition) is 0. The largest absolute Gasteiger partial charge is 0.335 e. The molecule has 112 valence electrons. The zero-order valence-electron chi connectivity index (χ0n) is 8.99. The van der Waals surface area contributed by atoms with Gasteiger partial charge in [0.1, 0.15) is 5.56 Å². The second-order valence-corrected chi connectivity index (χ2v) is 3.66. The van der Waals surface area contributed by atoms with Gasteiger partial charge >= 0.3 is 12.0 Å². The van der Waals surface area contributed by atoms with Gasteiger partial charge in [-0.3, -0.25) is 0 Å². The van der Waals surface area contributed by atoms with Crippen molar-refractivity contribution in [3.8, 4) is 0 Å². The van der Waals surface area contributed by atoms with Gasteiger partial charge in [0, 0.05) is 5.56 Å². The van der Waals surface area contributed by atoms with Gasteiger partial charge in [0.15, 0.2) is 23.3 Å². The molecule has 0 aliphatic heterocycles. The molecule has 0 radical (unpaired) electrons. The first kappa shape index (κ1) is 16.7. The Bertz CT molecular complexity index is 546. The molecule has 0 bridgehead atoms. The highest BCUT2D eigenvalue weighted by atomic mass is 35.5. The van der Waals surface area contributed by atoms with Crippen LogP contribution in [0.4, 0.5) is 39.5 Å². The Hall–Kier alpha value is -1.38. The Balaban J connectivity index is 3.76. The van der Waals surface area contributed by atoms with E-state index >= 15 is 0 Å². The van der Waals surface area contributed by atoms with Gasteiger partial charge in [-0.05, 0) is 0 Å². The van der Waals surface area contributed by atoms with Gasteiger partial charge in [0.25, 0.3) is 0 Å². The van der Waals surface area contributed by atoms with Crippen LogP contribution < -0.4 is 0 Å². The Morgan fingerprint density at radius 1 is 0.850 bits per heavy atom. The third-order valence-corrected chi connectivity index (χ3v) is 2.51. The van der Waals surface area contributed by atoms with Crippen LogP contribution in [0.5, 0.6) is 0 Å². The Labute approximate surface area is 110 Å². The minimum absolute atomic E-state index is 1.12. The molecule has 0 unspecified atom stereocenters. The van der Waals surface area contributed by atoms with E-state index in [1.807, 2.05) is 0 Å². The lowest BCUT2D eigenvalue weighted by Gasteiger charge is -2.17. The molecule has 0 nitrogen and oxygen atoms in total. The van der Waals surface area contributed by atoms with Crippen molar-refractivity contribution in [2.75, 3.05) is 0 Å². The average Bonchev–Trinajstić information content (AvgIpc) is 2.36. The summed E-state index contributed by atoms with van der Waals surface area (Å²) in [5.41, 5.74) is -4.22. The van der Waals surface area contributed by atoms with Gasteiger partial charge in [-0.2, -0.15) is 22.0 Å². The van der Waals surface area contributed by atoms with Crippen LogP contribution in [0.2, 0.25) is 0 Å². The number of halogens is 10. The van der Waals surface area contributed by atoms with Crippen molar-refractivity contribution in [3.05, 3.63) is 46.3 Å². The molecule has 0 aromatic heterocycles. The smallest absolute Gasteiger partial charge is 0.203 e. The van der Waals surface area contributed by atoms with E-state index in [4.69, 9.17) is 11.6 Å².